The van der Waals surface area contributed by atoms with Crippen LogP contribution in [0.4, 0.5) is 4.39 Å². The summed E-state index contributed by atoms with van der Waals surface area (Å²) in [6.07, 6.45) is 2.47. The zero-order valence-electron chi connectivity index (χ0n) is 11.4. The second-order valence-corrected chi connectivity index (χ2v) is 4.66. The Labute approximate surface area is 117 Å². The molecule has 2 N–H and O–H groups in total. The Morgan fingerprint density at radius 2 is 2.20 bits per heavy atom. The molecule has 1 aromatic carbocycles. The van der Waals surface area contributed by atoms with Crippen LogP contribution in [-0.4, -0.2) is 22.6 Å². The smallest absolute Gasteiger partial charge is 0.271 e. The summed E-state index contributed by atoms with van der Waals surface area (Å²) in [6, 6.07) is 8.14. The highest BCUT2D eigenvalue weighted by Crippen LogP contribution is 2.05. The van der Waals surface area contributed by atoms with Gasteiger partial charge in [-0.25, -0.2) is 4.39 Å². The summed E-state index contributed by atoms with van der Waals surface area (Å²) in [5, 5.41) is 9.60. The van der Waals surface area contributed by atoms with Gasteiger partial charge in [-0.3, -0.25) is 9.89 Å². The van der Waals surface area contributed by atoms with E-state index in [4.69, 9.17) is 0 Å². The summed E-state index contributed by atoms with van der Waals surface area (Å²) >= 11 is 0. The third kappa shape index (κ3) is 3.91. The van der Waals surface area contributed by atoms with Crippen LogP contribution in [0.3, 0.4) is 0 Å². The minimum atomic E-state index is -0.259. The highest BCUT2D eigenvalue weighted by Gasteiger charge is 2.09. The predicted molar refractivity (Wildman–Crippen MR) is 75.0 cm³/mol. The van der Waals surface area contributed by atoms with E-state index in [1.54, 1.807) is 12.1 Å². The Kier molecular flexibility index (Phi) is 4.87. The van der Waals surface area contributed by atoms with Crippen LogP contribution < -0.4 is 5.32 Å². The standard InChI is InChI=1S/C15H18FN3O/c1-2-4-13-10-14(19-18-13)15(20)17-8-7-11-5-3-6-12(16)9-11/h3,5-6,9-10H,2,4,7-8H2,1H3,(H,17,20)(H,18,19). The van der Waals surface area contributed by atoms with Gasteiger partial charge in [0.15, 0.2) is 0 Å². The summed E-state index contributed by atoms with van der Waals surface area (Å²) in [4.78, 5) is 11.9. The van der Waals surface area contributed by atoms with Gasteiger partial charge in [-0.1, -0.05) is 25.5 Å². The van der Waals surface area contributed by atoms with Gasteiger partial charge in [0.2, 0.25) is 0 Å². The molecule has 106 valence electrons. The van der Waals surface area contributed by atoms with E-state index in [-0.39, 0.29) is 11.7 Å². The molecule has 1 aromatic heterocycles. The second-order valence-electron chi connectivity index (χ2n) is 4.66. The zero-order valence-corrected chi connectivity index (χ0v) is 11.4. The number of benzene rings is 1. The number of halogens is 1. The maximum absolute atomic E-state index is 13.0. The quantitative estimate of drug-likeness (QED) is 0.851. The average Bonchev–Trinajstić information content (AvgIpc) is 2.88. The number of H-pyrrole nitrogens is 1. The number of hydrogen-bond donors (Lipinski definition) is 2. The minimum Gasteiger partial charge on any atom is -0.350 e. The third-order valence-electron chi connectivity index (χ3n) is 2.97. The normalized spacial score (nSPS) is 10.5. The first kappa shape index (κ1) is 14.2. The molecule has 0 spiro atoms. The highest BCUT2D eigenvalue weighted by molar-refractivity contribution is 5.92. The lowest BCUT2D eigenvalue weighted by Gasteiger charge is -2.03. The van der Waals surface area contributed by atoms with Gasteiger partial charge in [0.25, 0.3) is 5.91 Å². The Balaban J connectivity index is 1.82. The SMILES string of the molecule is CCCc1cc(C(=O)NCCc2cccc(F)c2)n[nH]1. The molecule has 1 heterocycles. The van der Waals surface area contributed by atoms with Gasteiger partial charge < -0.3 is 5.32 Å². The Morgan fingerprint density at radius 1 is 1.35 bits per heavy atom. The van der Waals surface area contributed by atoms with E-state index < -0.39 is 0 Å². The van der Waals surface area contributed by atoms with Crippen LogP contribution in [0.15, 0.2) is 30.3 Å². The number of rotatable bonds is 6. The van der Waals surface area contributed by atoms with Crippen molar-refractivity contribution < 1.29 is 9.18 Å². The minimum absolute atomic E-state index is 0.208. The number of hydrogen-bond acceptors (Lipinski definition) is 2. The van der Waals surface area contributed by atoms with Crippen LogP contribution in [0, 0.1) is 5.82 Å². The lowest BCUT2D eigenvalue weighted by atomic mass is 10.1. The molecule has 0 unspecified atom stereocenters. The van der Waals surface area contributed by atoms with E-state index in [0.29, 0.717) is 18.7 Å². The second kappa shape index (κ2) is 6.84. The number of aromatic nitrogens is 2. The summed E-state index contributed by atoms with van der Waals surface area (Å²) in [6.45, 7) is 2.53. The fraction of sp³-hybridized carbons (Fsp3) is 0.333. The van der Waals surface area contributed by atoms with Crippen LogP contribution in [0.5, 0.6) is 0 Å². The molecule has 2 rings (SSSR count). The first-order chi connectivity index (χ1) is 9.69. The molecule has 1 amide bonds. The molecule has 5 heteroatoms. The first-order valence-corrected chi connectivity index (χ1v) is 6.76. The predicted octanol–water partition coefficient (Wildman–Crippen LogP) is 2.47. The molecule has 0 aliphatic rings. The molecule has 0 fully saturated rings. The Hall–Kier alpha value is -2.17. The molecule has 0 radical (unpaired) electrons. The van der Waals surface area contributed by atoms with Crippen molar-refractivity contribution in [2.24, 2.45) is 0 Å². The van der Waals surface area contributed by atoms with Gasteiger partial charge in [-0.15, -0.1) is 0 Å². The summed E-state index contributed by atoms with van der Waals surface area (Å²) in [5.74, 6) is -0.467. The number of aryl methyl sites for hydroxylation is 1. The van der Waals surface area contributed by atoms with E-state index in [2.05, 4.69) is 22.4 Å². The van der Waals surface area contributed by atoms with Gasteiger partial charge in [-0.05, 0) is 36.6 Å². The topological polar surface area (TPSA) is 57.8 Å². The van der Waals surface area contributed by atoms with Crippen LogP contribution in [-0.2, 0) is 12.8 Å². The summed E-state index contributed by atoms with van der Waals surface area (Å²) in [5.41, 5.74) is 2.22. The molecule has 20 heavy (non-hydrogen) atoms. The maximum atomic E-state index is 13.0. The largest absolute Gasteiger partial charge is 0.350 e. The van der Waals surface area contributed by atoms with Crippen LogP contribution in [0.1, 0.15) is 35.1 Å². The summed E-state index contributed by atoms with van der Waals surface area (Å²) in [7, 11) is 0. The van der Waals surface area contributed by atoms with Crippen LogP contribution in [0.25, 0.3) is 0 Å². The van der Waals surface area contributed by atoms with E-state index in [9.17, 15) is 9.18 Å². The molecule has 4 nitrogen and oxygen atoms in total. The monoisotopic (exact) mass is 275 g/mol. The molecule has 0 saturated heterocycles. The first-order valence-electron chi connectivity index (χ1n) is 6.76. The van der Waals surface area contributed by atoms with E-state index in [1.807, 2.05) is 6.07 Å². The third-order valence-corrected chi connectivity index (χ3v) is 2.97. The number of aromatic amines is 1. The molecule has 0 aliphatic carbocycles. The molecule has 2 aromatic rings. The molecule has 0 atom stereocenters. The number of nitrogens with one attached hydrogen (secondary N) is 2. The average molecular weight is 275 g/mol. The van der Waals surface area contributed by atoms with Gasteiger partial charge in [0, 0.05) is 12.2 Å². The molecular weight excluding hydrogens is 257 g/mol. The van der Waals surface area contributed by atoms with Crippen molar-refractivity contribution >= 4 is 5.91 Å². The number of amides is 1. The van der Waals surface area contributed by atoms with Gasteiger partial charge in [-0.2, -0.15) is 5.10 Å². The van der Waals surface area contributed by atoms with Crippen molar-refractivity contribution in [3.63, 3.8) is 0 Å². The fourth-order valence-electron chi connectivity index (χ4n) is 1.98. The molecular formula is C15H18FN3O. The lowest BCUT2D eigenvalue weighted by molar-refractivity contribution is 0.0949. The van der Waals surface area contributed by atoms with Gasteiger partial charge in [0.1, 0.15) is 11.5 Å². The van der Waals surface area contributed by atoms with Crippen LogP contribution in [0.2, 0.25) is 0 Å². The van der Waals surface area contributed by atoms with Crippen molar-refractivity contribution in [2.75, 3.05) is 6.54 Å². The molecule has 0 aliphatic heterocycles. The zero-order chi connectivity index (χ0) is 14.4. The van der Waals surface area contributed by atoms with Crippen molar-refractivity contribution in [3.05, 3.63) is 53.1 Å². The van der Waals surface area contributed by atoms with Crippen molar-refractivity contribution in [3.8, 4) is 0 Å². The summed E-state index contributed by atoms with van der Waals surface area (Å²) < 4.78 is 13.0. The van der Waals surface area contributed by atoms with Crippen molar-refractivity contribution in [1.82, 2.24) is 15.5 Å². The Morgan fingerprint density at radius 3 is 2.95 bits per heavy atom. The molecule has 0 saturated carbocycles. The molecule has 0 bridgehead atoms. The van der Waals surface area contributed by atoms with Crippen molar-refractivity contribution in [2.45, 2.75) is 26.2 Å². The van der Waals surface area contributed by atoms with Gasteiger partial charge in [0.05, 0.1) is 0 Å². The number of carbonyl (C=O) groups is 1. The van der Waals surface area contributed by atoms with Crippen LogP contribution >= 0.6 is 0 Å². The fourth-order valence-corrected chi connectivity index (χ4v) is 1.98. The van der Waals surface area contributed by atoms with E-state index in [0.717, 1.165) is 24.1 Å². The number of carbonyl (C=O) groups excluding carboxylic acids is 1. The maximum Gasteiger partial charge on any atom is 0.271 e. The Bertz CT molecular complexity index is 580. The van der Waals surface area contributed by atoms with E-state index in [1.165, 1.54) is 12.1 Å². The number of nitrogens with zero attached hydrogens (tertiary/aromatic N) is 1. The van der Waals surface area contributed by atoms with Gasteiger partial charge >= 0.3 is 0 Å². The van der Waals surface area contributed by atoms with Crippen molar-refractivity contribution in [1.29, 1.82) is 0 Å². The highest BCUT2D eigenvalue weighted by atomic mass is 19.1. The lowest BCUT2D eigenvalue weighted by Crippen LogP contribution is -2.26. The van der Waals surface area contributed by atoms with E-state index >= 15 is 0 Å².